The fourth-order valence-corrected chi connectivity index (χ4v) is 6.18. The number of piperazine rings is 1. The summed E-state index contributed by atoms with van der Waals surface area (Å²) in [5, 5.41) is 0. The van der Waals surface area contributed by atoms with Crippen molar-refractivity contribution in [3.05, 3.63) is 59.7 Å². The molecular formula is C26H35N3O4S. The van der Waals surface area contributed by atoms with Gasteiger partial charge in [-0.2, -0.15) is 4.31 Å². The zero-order valence-corrected chi connectivity index (χ0v) is 21.0. The van der Waals surface area contributed by atoms with Crippen molar-refractivity contribution < 1.29 is 17.9 Å². The molecule has 2 saturated heterocycles. The molecule has 2 fully saturated rings. The number of carbonyl (C=O) groups excluding carboxylic acids is 1. The largest absolute Gasteiger partial charge is 0.492 e. The molecule has 0 atom stereocenters. The van der Waals surface area contributed by atoms with Crippen molar-refractivity contribution >= 4 is 15.9 Å². The fraction of sp³-hybridized carbons (Fsp3) is 0.500. The molecule has 0 radical (unpaired) electrons. The Kier molecular flexibility index (Phi) is 7.91. The average molecular weight is 486 g/mol. The molecule has 0 N–H and O–H groups in total. The molecule has 0 aromatic heterocycles. The lowest BCUT2D eigenvalue weighted by Crippen LogP contribution is -2.52. The van der Waals surface area contributed by atoms with Gasteiger partial charge in [-0.15, -0.1) is 0 Å². The van der Waals surface area contributed by atoms with Crippen molar-refractivity contribution in [1.82, 2.24) is 14.1 Å². The number of hydrogen-bond acceptors (Lipinski definition) is 5. The Hall–Kier alpha value is -2.42. The number of ether oxygens (including phenoxy) is 1. The van der Waals surface area contributed by atoms with E-state index in [1.807, 2.05) is 55.1 Å². The first-order valence-corrected chi connectivity index (χ1v) is 13.5. The minimum Gasteiger partial charge on any atom is -0.492 e. The van der Waals surface area contributed by atoms with E-state index in [0.717, 1.165) is 36.5 Å². The minimum absolute atomic E-state index is 0.0980. The second-order valence-electron chi connectivity index (χ2n) is 9.25. The highest BCUT2D eigenvalue weighted by molar-refractivity contribution is 7.89. The van der Waals surface area contributed by atoms with E-state index in [2.05, 4.69) is 4.90 Å². The number of amides is 1. The quantitative estimate of drug-likeness (QED) is 0.603. The van der Waals surface area contributed by atoms with E-state index in [4.69, 9.17) is 4.74 Å². The maximum atomic E-state index is 13.1. The maximum Gasteiger partial charge on any atom is 0.243 e. The van der Waals surface area contributed by atoms with Crippen LogP contribution in [0.1, 0.15) is 24.0 Å². The van der Waals surface area contributed by atoms with Crippen LogP contribution in [0.25, 0.3) is 0 Å². The zero-order chi connectivity index (χ0) is 24.1. The summed E-state index contributed by atoms with van der Waals surface area (Å²) in [6.07, 6.45) is 1.15. The van der Waals surface area contributed by atoms with Crippen LogP contribution in [0.2, 0.25) is 0 Å². The third-order valence-corrected chi connectivity index (χ3v) is 8.92. The van der Waals surface area contributed by atoms with Gasteiger partial charge in [0.25, 0.3) is 0 Å². The van der Waals surface area contributed by atoms with Crippen molar-refractivity contribution in [2.24, 2.45) is 5.92 Å². The van der Waals surface area contributed by atoms with Crippen molar-refractivity contribution in [2.45, 2.75) is 31.6 Å². The highest BCUT2D eigenvalue weighted by atomic mass is 32.2. The lowest BCUT2D eigenvalue weighted by Gasteiger charge is -2.38. The number of sulfonamides is 1. The normalized spacial score (nSPS) is 18.7. The average Bonchev–Trinajstić information content (AvgIpc) is 2.86. The maximum absolute atomic E-state index is 13.1. The van der Waals surface area contributed by atoms with E-state index < -0.39 is 10.0 Å². The van der Waals surface area contributed by atoms with Gasteiger partial charge in [0.1, 0.15) is 12.4 Å². The number of hydrogen-bond donors (Lipinski definition) is 0. The molecule has 0 aliphatic carbocycles. The number of benzene rings is 2. The first-order valence-electron chi connectivity index (χ1n) is 12.1. The second-order valence-corrected chi connectivity index (χ2v) is 11.2. The van der Waals surface area contributed by atoms with Gasteiger partial charge in [0.05, 0.1) is 4.90 Å². The molecule has 4 rings (SSSR count). The molecule has 7 nitrogen and oxygen atoms in total. The van der Waals surface area contributed by atoms with Gasteiger partial charge in [-0.25, -0.2) is 8.42 Å². The SMILES string of the molecule is Cc1ccc(S(=O)(=O)N2CCC(C(=O)N3CCN(CCOc4ccccc4)CC3)CC2)cc1C. The van der Waals surface area contributed by atoms with Gasteiger partial charge in [-0.1, -0.05) is 24.3 Å². The van der Waals surface area contributed by atoms with E-state index in [-0.39, 0.29) is 11.8 Å². The Bertz CT molecular complexity index is 1070. The van der Waals surface area contributed by atoms with Crippen molar-refractivity contribution in [2.75, 3.05) is 52.4 Å². The molecule has 0 spiro atoms. The van der Waals surface area contributed by atoms with Gasteiger partial charge < -0.3 is 9.64 Å². The number of rotatable bonds is 7. The molecule has 34 heavy (non-hydrogen) atoms. The molecule has 0 bridgehead atoms. The third kappa shape index (κ3) is 5.79. The van der Waals surface area contributed by atoms with E-state index in [9.17, 15) is 13.2 Å². The van der Waals surface area contributed by atoms with Crippen LogP contribution in [0.5, 0.6) is 5.75 Å². The summed E-state index contributed by atoms with van der Waals surface area (Å²) < 4.78 is 33.4. The Morgan fingerprint density at radius 3 is 2.24 bits per heavy atom. The summed E-state index contributed by atoms with van der Waals surface area (Å²) in [4.78, 5) is 17.7. The van der Waals surface area contributed by atoms with Gasteiger partial charge >= 0.3 is 0 Å². The smallest absolute Gasteiger partial charge is 0.243 e. The Balaban J connectivity index is 1.22. The van der Waals surface area contributed by atoms with Crippen molar-refractivity contribution in [1.29, 1.82) is 0 Å². The molecule has 2 aliphatic rings. The van der Waals surface area contributed by atoms with Gasteiger partial charge in [0.15, 0.2) is 0 Å². The van der Waals surface area contributed by atoms with Gasteiger partial charge in [0.2, 0.25) is 15.9 Å². The van der Waals surface area contributed by atoms with E-state index in [1.165, 1.54) is 4.31 Å². The molecule has 2 heterocycles. The first kappa shape index (κ1) is 24.7. The molecule has 2 aromatic carbocycles. The minimum atomic E-state index is -3.52. The first-order chi connectivity index (χ1) is 16.3. The van der Waals surface area contributed by atoms with Crippen LogP contribution in [0.15, 0.2) is 53.4 Å². The van der Waals surface area contributed by atoms with Gasteiger partial charge in [0, 0.05) is 51.7 Å². The summed E-state index contributed by atoms with van der Waals surface area (Å²) in [6.45, 7) is 9.25. The molecule has 2 aliphatic heterocycles. The fourth-order valence-electron chi connectivity index (χ4n) is 4.63. The standard InChI is InChI=1S/C26H35N3O4S/c1-21-8-9-25(20-22(21)2)34(31,32)29-12-10-23(11-13-29)26(30)28-16-14-27(15-17-28)18-19-33-24-6-4-3-5-7-24/h3-9,20,23H,10-19H2,1-2H3. The Labute approximate surface area is 203 Å². The predicted octanol–water partition coefficient (Wildman–Crippen LogP) is 2.93. The summed E-state index contributed by atoms with van der Waals surface area (Å²) in [7, 11) is -3.52. The molecule has 2 aromatic rings. The number of piperidine rings is 1. The van der Waals surface area contributed by atoms with Crippen LogP contribution in [-0.4, -0.2) is 80.9 Å². The van der Waals surface area contributed by atoms with Gasteiger partial charge in [-0.05, 0) is 62.1 Å². The zero-order valence-electron chi connectivity index (χ0n) is 20.2. The molecule has 1 amide bonds. The van der Waals surface area contributed by atoms with E-state index >= 15 is 0 Å². The molecule has 8 heteroatoms. The highest BCUT2D eigenvalue weighted by Crippen LogP contribution is 2.26. The van der Waals surface area contributed by atoms with Crippen LogP contribution >= 0.6 is 0 Å². The van der Waals surface area contributed by atoms with E-state index in [1.54, 1.807) is 12.1 Å². The van der Waals surface area contributed by atoms with Crippen LogP contribution in [0.4, 0.5) is 0 Å². The van der Waals surface area contributed by atoms with Crippen LogP contribution in [0, 0.1) is 19.8 Å². The van der Waals surface area contributed by atoms with Crippen LogP contribution in [0.3, 0.4) is 0 Å². The van der Waals surface area contributed by atoms with Crippen LogP contribution < -0.4 is 4.74 Å². The number of carbonyl (C=O) groups is 1. The lowest BCUT2D eigenvalue weighted by molar-refractivity contribution is -0.138. The summed E-state index contributed by atoms with van der Waals surface area (Å²) >= 11 is 0. The Morgan fingerprint density at radius 1 is 0.912 bits per heavy atom. The number of nitrogens with zero attached hydrogens (tertiary/aromatic N) is 3. The Morgan fingerprint density at radius 2 is 1.59 bits per heavy atom. The van der Waals surface area contributed by atoms with Crippen molar-refractivity contribution in [3.8, 4) is 5.75 Å². The number of aryl methyl sites for hydroxylation is 2. The van der Waals surface area contributed by atoms with E-state index in [0.29, 0.717) is 50.5 Å². The summed E-state index contributed by atoms with van der Waals surface area (Å²) in [6, 6.07) is 15.1. The third-order valence-electron chi connectivity index (χ3n) is 7.02. The molecule has 0 unspecified atom stereocenters. The monoisotopic (exact) mass is 485 g/mol. The predicted molar refractivity (Wildman–Crippen MR) is 132 cm³/mol. The second kappa shape index (κ2) is 10.9. The molecule has 184 valence electrons. The topological polar surface area (TPSA) is 70.2 Å². The summed E-state index contributed by atoms with van der Waals surface area (Å²) in [5.74, 6) is 0.949. The highest BCUT2D eigenvalue weighted by Gasteiger charge is 2.34. The van der Waals surface area contributed by atoms with Crippen LogP contribution in [-0.2, 0) is 14.8 Å². The van der Waals surface area contributed by atoms with Crippen molar-refractivity contribution in [3.63, 3.8) is 0 Å². The summed E-state index contributed by atoms with van der Waals surface area (Å²) in [5.41, 5.74) is 2.05. The number of para-hydroxylation sites is 1. The van der Waals surface area contributed by atoms with Gasteiger partial charge in [-0.3, -0.25) is 9.69 Å². The molecule has 0 saturated carbocycles. The lowest BCUT2D eigenvalue weighted by atomic mass is 9.96. The molecular weight excluding hydrogens is 450 g/mol.